The van der Waals surface area contributed by atoms with Crippen LogP contribution in [0.1, 0.15) is 52.0 Å². The Labute approximate surface area is 152 Å². The molecule has 1 saturated heterocycles. The predicted octanol–water partition coefficient (Wildman–Crippen LogP) is 3.60. The van der Waals surface area contributed by atoms with E-state index in [1.165, 1.54) is 5.56 Å². The van der Waals surface area contributed by atoms with Gasteiger partial charge in [0.05, 0.1) is 6.61 Å². The number of nitrogens with zero attached hydrogens (tertiary/aromatic N) is 1. The Morgan fingerprint density at radius 3 is 2.40 bits per heavy atom. The van der Waals surface area contributed by atoms with E-state index in [1.54, 1.807) is 0 Å². The third-order valence-corrected chi connectivity index (χ3v) is 4.98. The first kappa shape index (κ1) is 19.8. The van der Waals surface area contributed by atoms with Crippen molar-refractivity contribution in [3.05, 3.63) is 29.8 Å². The number of amides is 1. The molecule has 1 heterocycles. The summed E-state index contributed by atoms with van der Waals surface area (Å²) in [5.41, 5.74) is 1.46. The number of carbonyl (C=O) groups is 1. The van der Waals surface area contributed by atoms with Crippen LogP contribution in [0.3, 0.4) is 0 Å². The van der Waals surface area contributed by atoms with E-state index >= 15 is 0 Å². The van der Waals surface area contributed by atoms with E-state index in [1.807, 2.05) is 24.1 Å². The molecule has 1 aromatic carbocycles. The van der Waals surface area contributed by atoms with E-state index in [9.17, 15) is 4.79 Å². The van der Waals surface area contributed by atoms with E-state index in [2.05, 4.69) is 38.2 Å². The molecule has 1 amide bonds. The summed E-state index contributed by atoms with van der Waals surface area (Å²) < 4.78 is 5.78. The molecule has 0 radical (unpaired) electrons. The summed E-state index contributed by atoms with van der Waals surface area (Å²) in [6, 6.07) is 8.29. The van der Waals surface area contributed by atoms with Crippen LogP contribution in [0, 0.1) is 5.92 Å². The molecule has 25 heavy (non-hydrogen) atoms. The van der Waals surface area contributed by atoms with Gasteiger partial charge < -0.3 is 15.0 Å². The van der Waals surface area contributed by atoms with Gasteiger partial charge in [-0.2, -0.15) is 0 Å². The lowest BCUT2D eigenvalue weighted by Gasteiger charge is -2.32. The van der Waals surface area contributed by atoms with Gasteiger partial charge in [-0.25, -0.2) is 0 Å². The lowest BCUT2D eigenvalue weighted by Crippen LogP contribution is -2.40. The van der Waals surface area contributed by atoms with Gasteiger partial charge in [0.2, 0.25) is 5.91 Å². The lowest BCUT2D eigenvalue weighted by molar-refractivity contribution is -0.132. The van der Waals surface area contributed by atoms with Crippen LogP contribution in [-0.2, 0) is 10.2 Å². The highest BCUT2D eigenvalue weighted by atomic mass is 16.5. The quantitative estimate of drug-likeness (QED) is 0.767. The molecular weight excluding hydrogens is 312 g/mol. The number of hydrogen-bond acceptors (Lipinski definition) is 3. The van der Waals surface area contributed by atoms with Gasteiger partial charge in [0.1, 0.15) is 5.75 Å². The van der Waals surface area contributed by atoms with Crippen molar-refractivity contribution in [3.8, 4) is 5.75 Å². The highest BCUT2D eigenvalue weighted by molar-refractivity contribution is 5.76. The fraction of sp³-hybridized carbons (Fsp3) is 0.667. The summed E-state index contributed by atoms with van der Waals surface area (Å²) in [6.07, 6.45) is 3.58. The number of benzene rings is 1. The van der Waals surface area contributed by atoms with Crippen molar-refractivity contribution in [1.29, 1.82) is 0 Å². The van der Waals surface area contributed by atoms with Gasteiger partial charge >= 0.3 is 0 Å². The Morgan fingerprint density at radius 1 is 1.20 bits per heavy atom. The molecule has 0 atom stereocenters. The molecule has 2 rings (SSSR count). The number of piperidine rings is 1. The maximum atomic E-state index is 12.3. The molecule has 0 bridgehead atoms. The van der Waals surface area contributed by atoms with Gasteiger partial charge in [-0.3, -0.25) is 4.79 Å². The van der Waals surface area contributed by atoms with Crippen LogP contribution in [0.25, 0.3) is 0 Å². The summed E-state index contributed by atoms with van der Waals surface area (Å²) in [4.78, 5) is 14.3. The average Bonchev–Trinajstić information content (AvgIpc) is 2.59. The normalized spacial score (nSPS) is 16.1. The van der Waals surface area contributed by atoms with Gasteiger partial charge in [0.25, 0.3) is 0 Å². The van der Waals surface area contributed by atoms with Gasteiger partial charge in [-0.1, -0.05) is 32.9 Å². The Hall–Kier alpha value is -1.55. The van der Waals surface area contributed by atoms with Gasteiger partial charge in [0.15, 0.2) is 0 Å². The molecule has 4 heteroatoms. The van der Waals surface area contributed by atoms with Crippen molar-refractivity contribution >= 4 is 5.91 Å². The van der Waals surface area contributed by atoms with Crippen molar-refractivity contribution in [1.82, 2.24) is 10.2 Å². The smallest absolute Gasteiger partial charge is 0.222 e. The molecule has 0 saturated carbocycles. The number of nitrogens with one attached hydrogen (secondary N) is 1. The molecule has 1 fully saturated rings. The Kier molecular flexibility index (Phi) is 7.30. The van der Waals surface area contributed by atoms with Crippen molar-refractivity contribution in [2.24, 2.45) is 5.92 Å². The monoisotopic (exact) mass is 346 g/mol. The molecule has 4 nitrogen and oxygen atoms in total. The predicted molar refractivity (Wildman–Crippen MR) is 103 cm³/mol. The molecule has 1 aliphatic rings. The van der Waals surface area contributed by atoms with Crippen molar-refractivity contribution in [2.75, 3.05) is 33.3 Å². The van der Waals surface area contributed by atoms with Gasteiger partial charge in [0, 0.05) is 19.5 Å². The number of hydrogen-bond donors (Lipinski definition) is 1. The second-order valence-corrected chi connectivity index (χ2v) is 8.11. The standard InChI is InChI=1S/C21H34N2O2/c1-21(2,3)18-7-9-19(10-8-18)25-15-5-6-20(24)23-13-11-17(12-14-23)16-22-4/h7-10,17,22H,5-6,11-16H2,1-4H3. The van der Waals surface area contributed by atoms with Crippen LogP contribution in [0.2, 0.25) is 0 Å². The zero-order chi connectivity index (χ0) is 18.3. The maximum absolute atomic E-state index is 12.3. The van der Waals surface area contributed by atoms with E-state index in [0.717, 1.165) is 44.6 Å². The topological polar surface area (TPSA) is 41.6 Å². The summed E-state index contributed by atoms with van der Waals surface area (Å²) in [6.45, 7) is 10.1. The second-order valence-electron chi connectivity index (χ2n) is 8.11. The van der Waals surface area contributed by atoms with Crippen LogP contribution in [0.5, 0.6) is 5.75 Å². The molecule has 1 N–H and O–H groups in total. The minimum Gasteiger partial charge on any atom is -0.494 e. The van der Waals surface area contributed by atoms with Crippen LogP contribution in [0.15, 0.2) is 24.3 Å². The summed E-state index contributed by atoms with van der Waals surface area (Å²) in [5, 5.41) is 3.23. The van der Waals surface area contributed by atoms with E-state index in [4.69, 9.17) is 4.74 Å². The van der Waals surface area contributed by atoms with Crippen molar-refractivity contribution < 1.29 is 9.53 Å². The largest absolute Gasteiger partial charge is 0.494 e. The first-order valence-corrected chi connectivity index (χ1v) is 9.56. The number of ether oxygens (including phenoxy) is 1. The van der Waals surface area contributed by atoms with Gasteiger partial charge in [-0.15, -0.1) is 0 Å². The van der Waals surface area contributed by atoms with Gasteiger partial charge in [-0.05, 0) is 61.9 Å². The highest BCUT2D eigenvalue weighted by Crippen LogP contribution is 2.24. The third-order valence-electron chi connectivity index (χ3n) is 4.98. The first-order chi connectivity index (χ1) is 11.9. The zero-order valence-electron chi connectivity index (χ0n) is 16.3. The summed E-state index contributed by atoms with van der Waals surface area (Å²) >= 11 is 0. The molecule has 0 spiro atoms. The van der Waals surface area contributed by atoms with Crippen LogP contribution >= 0.6 is 0 Å². The minimum atomic E-state index is 0.158. The molecule has 1 aliphatic heterocycles. The molecule has 0 aliphatic carbocycles. The van der Waals surface area contributed by atoms with Crippen LogP contribution in [-0.4, -0.2) is 44.1 Å². The first-order valence-electron chi connectivity index (χ1n) is 9.56. The molecular formula is C21H34N2O2. The van der Waals surface area contributed by atoms with E-state index in [0.29, 0.717) is 18.9 Å². The molecule has 0 aromatic heterocycles. The van der Waals surface area contributed by atoms with Crippen molar-refractivity contribution in [2.45, 2.75) is 51.9 Å². The molecule has 1 aromatic rings. The fourth-order valence-corrected chi connectivity index (χ4v) is 3.30. The summed E-state index contributed by atoms with van der Waals surface area (Å²) in [5.74, 6) is 1.87. The van der Waals surface area contributed by atoms with Crippen LogP contribution < -0.4 is 10.1 Å². The van der Waals surface area contributed by atoms with Crippen molar-refractivity contribution in [3.63, 3.8) is 0 Å². The summed E-state index contributed by atoms with van der Waals surface area (Å²) in [7, 11) is 1.99. The Morgan fingerprint density at radius 2 is 1.84 bits per heavy atom. The second kappa shape index (κ2) is 9.23. The van der Waals surface area contributed by atoms with Crippen LogP contribution in [0.4, 0.5) is 0 Å². The molecule has 0 unspecified atom stereocenters. The van der Waals surface area contributed by atoms with E-state index < -0.39 is 0 Å². The molecule has 140 valence electrons. The number of rotatable bonds is 7. The number of carbonyl (C=O) groups excluding carboxylic acids is 1. The van der Waals surface area contributed by atoms with E-state index in [-0.39, 0.29) is 11.3 Å². The average molecular weight is 347 g/mol. The third kappa shape index (κ3) is 6.35. The zero-order valence-corrected chi connectivity index (χ0v) is 16.3. The Bertz CT molecular complexity index is 526. The maximum Gasteiger partial charge on any atom is 0.222 e. The fourth-order valence-electron chi connectivity index (χ4n) is 3.30. The highest BCUT2D eigenvalue weighted by Gasteiger charge is 2.21. The number of likely N-dealkylation sites (tertiary alicyclic amines) is 1. The lowest BCUT2D eigenvalue weighted by atomic mass is 9.87. The SMILES string of the molecule is CNCC1CCN(C(=O)CCCOc2ccc(C(C)(C)C)cc2)CC1. The Balaban J connectivity index is 1.65. The minimum absolute atomic E-state index is 0.158.